The Morgan fingerprint density at radius 2 is 2.19 bits per heavy atom. The second-order valence-corrected chi connectivity index (χ2v) is 4.75. The summed E-state index contributed by atoms with van der Waals surface area (Å²) >= 11 is 0. The molecule has 1 saturated heterocycles. The molecule has 3 rings (SSSR count). The average Bonchev–Trinajstić information content (AvgIpc) is 3.06. The summed E-state index contributed by atoms with van der Waals surface area (Å²) in [6, 6.07) is 3.66. The smallest absolute Gasteiger partial charge is 0.339 e. The molecule has 1 aromatic heterocycles. The summed E-state index contributed by atoms with van der Waals surface area (Å²) in [5, 5.41) is 0. The third-order valence-corrected chi connectivity index (χ3v) is 3.50. The van der Waals surface area contributed by atoms with Crippen molar-refractivity contribution in [2.45, 2.75) is 12.8 Å². The summed E-state index contributed by atoms with van der Waals surface area (Å²) in [7, 11) is 1.38. The van der Waals surface area contributed by atoms with Crippen LogP contribution in [0, 0.1) is 5.41 Å². The maximum Gasteiger partial charge on any atom is 0.339 e. The lowest BCUT2D eigenvalue weighted by atomic mass is 9.97. The lowest BCUT2D eigenvalue weighted by Gasteiger charge is -2.40. The molecule has 2 fully saturated rings. The Labute approximate surface area is 94.2 Å². The Kier molecular flexibility index (Phi) is 1.93. The highest BCUT2D eigenvalue weighted by atomic mass is 16.5. The average molecular weight is 218 g/mol. The van der Waals surface area contributed by atoms with Crippen LogP contribution in [-0.2, 0) is 4.74 Å². The Hall–Kier alpha value is -1.58. The van der Waals surface area contributed by atoms with E-state index < -0.39 is 0 Å². The Morgan fingerprint density at radius 1 is 1.44 bits per heavy atom. The van der Waals surface area contributed by atoms with Crippen LogP contribution in [0.25, 0.3) is 0 Å². The van der Waals surface area contributed by atoms with E-state index in [0.29, 0.717) is 11.0 Å². The highest BCUT2D eigenvalue weighted by Crippen LogP contribution is 2.53. The van der Waals surface area contributed by atoms with Crippen LogP contribution in [0.1, 0.15) is 23.2 Å². The fraction of sp³-hybridized carbons (Fsp3) is 0.500. The van der Waals surface area contributed by atoms with Crippen molar-refractivity contribution in [1.82, 2.24) is 4.98 Å². The van der Waals surface area contributed by atoms with E-state index in [2.05, 4.69) is 14.6 Å². The molecule has 1 spiro atoms. The van der Waals surface area contributed by atoms with Gasteiger partial charge in [0.2, 0.25) is 0 Å². The van der Waals surface area contributed by atoms with Crippen LogP contribution in [0.3, 0.4) is 0 Å². The zero-order valence-electron chi connectivity index (χ0n) is 9.27. The van der Waals surface area contributed by atoms with Gasteiger partial charge < -0.3 is 9.64 Å². The minimum Gasteiger partial charge on any atom is -0.465 e. The third-order valence-electron chi connectivity index (χ3n) is 3.50. The number of nitrogens with zero attached hydrogens (tertiary/aromatic N) is 2. The monoisotopic (exact) mass is 218 g/mol. The highest BCUT2D eigenvalue weighted by molar-refractivity contribution is 5.89. The Bertz CT molecular complexity index is 415. The Morgan fingerprint density at radius 3 is 2.69 bits per heavy atom. The second kappa shape index (κ2) is 3.20. The molecule has 2 aliphatic rings. The molecule has 0 bridgehead atoms. The number of hydrogen-bond acceptors (Lipinski definition) is 4. The summed E-state index contributed by atoms with van der Waals surface area (Å²) in [5.74, 6) is 0.631. The van der Waals surface area contributed by atoms with E-state index in [-0.39, 0.29) is 5.97 Å². The molecule has 1 saturated carbocycles. The largest absolute Gasteiger partial charge is 0.465 e. The van der Waals surface area contributed by atoms with Gasteiger partial charge in [-0.3, -0.25) is 0 Å². The van der Waals surface area contributed by atoms with Gasteiger partial charge >= 0.3 is 5.97 Å². The second-order valence-electron chi connectivity index (χ2n) is 4.75. The molecule has 4 nitrogen and oxygen atoms in total. The molecule has 0 atom stereocenters. The van der Waals surface area contributed by atoms with Crippen molar-refractivity contribution in [3.8, 4) is 0 Å². The van der Waals surface area contributed by atoms with Gasteiger partial charge in [-0.05, 0) is 25.0 Å². The molecule has 4 heteroatoms. The predicted octanol–water partition coefficient (Wildman–Crippen LogP) is 1.47. The van der Waals surface area contributed by atoms with Crippen LogP contribution < -0.4 is 4.90 Å². The van der Waals surface area contributed by atoms with Gasteiger partial charge in [-0.2, -0.15) is 0 Å². The van der Waals surface area contributed by atoms with Crippen LogP contribution in [0.4, 0.5) is 5.82 Å². The van der Waals surface area contributed by atoms with Crippen molar-refractivity contribution >= 4 is 11.8 Å². The van der Waals surface area contributed by atoms with E-state index in [1.807, 2.05) is 6.07 Å². The minimum absolute atomic E-state index is 0.332. The van der Waals surface area contributed by atoms with Crippen molar-refractivity contribution in [3.05, 3.63) is 23.9 Å². The SMILES string of the molecule is COC(=O)c1ccc(N2CC3(CC3)C2)nc1. The molecule has 1 aliphatic heterocycles. The number of rotatable bonds is 2. The standard InChI is InChI=1S/C12H14N2O2/c1-16-11(15)9-2-3-10(13-6-9)14-7-12(8-14)4-5-12/h2-3,6H,4-5,7-8H2,1H3. The molecule has 1 aromatic rings. The molecule has 0 radical (unpaired) electrons. The van der Waals surface area contributed by atoms with E-state index in [1.54, 1.807) is 12.3 Å². The maximum atomic E-state index is 11.2. The first-order valence-corrected chi connectivity index (χ1v) is 5.52. The quantitative estimate of drug-likeness (QED) is 0.705. The number of esters is 1. The zero-order chi connectivity index (χ0) is 11.2. The van der Waals surface area contributed by atoms with Crippen molar-refractivity contribution in [2.75, 3.05) is 25.1 Å². The number of pyridine rings is 1. The molecule has 16 heavy (non-hydrogen) atoms. The predicted molar refractivity (Wildman–Crippen MR) is 59.5 cm³/mol. The fourth-order valence-electron chi connectivity index (χ4n) is 2.23. The number of methoxy groups -OCH3 is 1. The summed E-state index contributed by atoms with van der Waals surface area (Å²) in [6.45, 7) is 2.25. The zero-order valence-corrected chi connectivity index (χ0v) is 9.27. The molecular formula is C12H14N2O2. The Balaban J connectivity index is 1.70. The molecule has 1 aliphatic carbocycles. The van der Waals surface area contributed by atoms with Crippen LogP contribution in [0.15, 0.2) is 18.3 Å². The lowest BCUT2D eigenvalue weighted by molar-refractivity contribution is 0.0600. The number of carbonyl (C=O) groups excluding carboxylic acids is 1. The summed E-state index contributed by atoms with van der Waals surface area (Å²) in [5.41, 5.74) is 1.14. The van der Waals surface area contributed by atoms with Crippen LogP contribution >= 0.6 is 0 Å². The van der Waals surface area contributed by atoms with E-state index in [4.69, 9.17) is 0 Å². The van der Waals surface area contributed by atoms with Crippen molar-refractivity contribution in [1.29, 1.82) is 0 Å². The van der Waals surface area contributed by atoms with Crippen LogP contribution in [0.2, 0.25) is 0 Å². The van der Waals surface area contributed by atoms with E-state index in [9.17, 15) is 4.79 Å². The molecule has 0 N–H and O–H groups in total. The van der Waals surface area contributed by atoms with Crippen LogP contribution in [-0.4, -0.2) is 31.2 Å². The van der Waals surface area contributed by atoms with Gasteiger partial charge in [-0.15, -0.1) is 0 Å². The van der Waals surface area contributed by atoms with Gasteiger partial charge in [-0.25, -0.2) is 9.78 Å². The number of hydrogen-bond donors (Lipinski definition) is 0. The van der Waals surface area contributed by atoms with E-state index in [1.165, 1.54) is 20.0 Å². The molecule has 0 unspecified atom stereocenters. The molecule has 2 heterocycles. The van der Waals surface area contributed by atoms with Crippen molar-refractivity contribution in [3.63, 3.8) is 0 Å². The summed E-state index contributed by atoms with van der Waals surface area (Å²) in [4.78, 5) is 17.8. The lowest BCUT2D eigenvalue weighted by Crippen LogP contribution is -2.48. The minimum atomic E-state index is -0.332. The first kappa shape index (κ1) is 9.63. The van der Waals surface area contributed by atoms with E-state index >= 15 is 0 Å². The highest BCUT2D eigenvalue weighted by Gasteiger charge is 2.52. The number of anilines is 1. The fourth-order valence-corrected chi connectivity index (χ4v) is 2.23. The topological polar surface area (TPSA) is 42.4 Å². The van der Waals surface area contributed by atoms with Crippen LogP contribution in [0.5, 0.6) is 0 Å². The van der Waals surface area contributed by atoms with Gasteiger partial charge in [0.15, 0.2) is 0 Å². The first-order valence-electron chi connectivity index (χ1n) is 5.52. The normalized spacial score (nSPS) is 20.4. The maximum absolute atomic E-state index is 11.2. The summed E-state index contributed by atoms with van der Waals surface area (Å²) in [6.07, 6.45) is 4.31. The van der Waals surface area contributed by atoms with Gasteiger partial charge in [-0.1, -0.05) is 0 Å². The number of carbonyl (C=O) groups is 1. The number of aromatic nitrogens is 1. The van der Waals surface area contributed by atoms with Crippen molar-refractivity contribution in [2.24, 2.45) is 5.41 Å². The van der Waals surface area contributed by atoms with E-state index in [0.717, 1.165) is 18.9 Å². The molecule has 84 valence electrons. The summed E-state index contributed by atoms with van der Waals surface area (Å²) < 4.78 is 4.63. The third kappa shape index (κ3) is 1.45. The molecule has 0 aromatic carbocycles. The first-order chi connectivity index (χ1) is 7.72. The van der Waals surface area contributed by atoms with Crippen molar-refractivity contribution < 1.29 is 9.53 Å². The molecule has 0 amide bonds. The van der Waals surface area contributed by atoms with Gasteiger partial charge in [0.1, 0.15) is 5.82 Å². The van der Waals surface area contributed by atoms with Gasteiger partial charge in [0, 0.05) is 24.7 Å². The van der Waals surface area contributed by atoms with Gasteiger partial charge in [0.25, 0.3) is 0 Å². The van der Waals surface area contributed by atoms with Gasteiger partial charge in [0.05, 0.1) is 12.7 Å². The molecular weight excluding hydrogens is 204 g/mol. The number of ether oxygens (including phenoxy) is 1.